The quantitative estimate of drug-likeness (QED) is 0.265. The van der Waals surface area contributed by atoms with Gasteiger partial charge in [-0.1, -0.05) is 109 Å². The van der Waals surface area contributed by atoms with Crippen molar-refractivity contribution in [2.45, 2.75) is 0 Å². The van der Waals surface area contributed by atoms with E-state index in [4.69, 9.17) is 0 Å². The SMILES string of the molecule is C[P+](c1ccccc1)(c1ccccc1)c1cccc(-c2ccccc2)c1-c1ccccc1. The maximum Gasteiger partial charge on any atom is 0.112 e. The van der Waals surface area contributed by atoms with Crippen molar-refractivity contribution in [1.82, 2.24) is 0 Å². The zero-order valence-corrected chi connectivity index (χ0v) is 19.1. The van der Waals surface area contributed by atoms with Crippen molar-refractivity contribution < 1.29 is 0 Å². The zero-order valence-electron chi connectivity index (χ0n) is 18.2. The van der Waals surface area contributed by atoms with Crippen LogP contribution in [-0.4, -0.2) is 6.66 Å². The third-order valence-electron chi connectivity index (χ3n) is 6.22. The first kappa shape index (κ1) is 20.4. The molecule has 0 nitrogen and oxygen atoms in total. The normalized spacial score (nSPS) is 11.3. The molecule has 0 bridgehead atoms. The Kier molecular flexibility index (Phi) is 5.71. The molecule has 0 fully saturated rings. The van der Waals surface area contributed by atoms with E-state index in [9.17, 15) is 0 Å². The highest BCUT2D eigenvalue weighted by Crippen LogP contribution is 2.54. The van der Waals surface area contributed by atoms with Crippen LogP contribution in [0, 0.1) is 0 Å². The van der Waals surface area contributed by atoms with Gasteiger partial charge in [0.25, 0.3) is 0 Å². The fourth-order valence-corrected chi connectivity index (χ4v) is 8.03. The van der Waals surface area contributed by atoms with Gasteiger partial charge in [0.1, 0.15) is 23.2 Å². The van der Waals surface area contributed by atoms with Crippen LogP contribution in [0.2, 0.25) is 0 Å². The predicted octanol–water partition coefficient (Wildman–Crippen LogP) is 6.94. The Morgan fingerprint density at radius 3 is 1.34 bits per heavy atom. The molecule has 0 saturated heterocycles. The molecule has 0 unspecified atom stereocenters. The van der Waals surface area contributed by atoms with Gasteiger partial charge in [-0.3, -0.25) is 0 Å². The van der Waals surface area contributed by atoms with E-state index in [0.717, 1.165) is 0 Å². The van der Waals surface area contributed by atoms with E-state index in [1.54, 1.807) is 0 Å². The first-order valence-electron chi connectivity index (χ1n) is 11.0. The third-order valence-corrected chi connectivity index (χ3v) is 10.2. The van der Waals surface area contributed by atoms with E-state index in [-0.39, 0.29) is 0 Å². The molecule has 5 aromatic rings. The second-order valence-electron chi connectivity index (χ2n) is 8.11. The molecule has 0 aliphatic heterocycles. The van der Waals surface area contributed by atoms with Gasteiger partial charge in [-0.05, 0) is 47.0 Å². The van der Waals surface area contributed by atoms with Crippen LogP contribution >= 0.6 is 7.26 Å². The Balaban J connectivity index is 1.88. The highest BCUT2D eigenvalue weighted by molar-refractivity contribution is 7.95. The second kappa shape index (κ2) is 8.95. The van der Waals surface area contributed by atoms with Gasteiger partial charge in [0, 0.05) is 5.56 Å². The minimum absolute atomic E-state index is 1.25. The fourth-order valence-electron chi connectivity index (χ4n) is 4.56. The van der Waals surface area contributed by atoms with E-state index >= 15 is 0 Å². The van der Waals surface area contributed by atoms with Crippen LogP contribution in [0.4, 0.5) is 0 Å². The van der Waals surface area contributed by atoms with Gasteiger partial charge >= 0.3 is 0 Å². The summed E-state index contributed by atoms with van der Waals surface area (Å²) in [6.07, 6.45) is 0. The molecular weight excluding hydrogens is 403 g/mol. The number of rotatable bonds is 5. The molecule has 0 saturated carbocycles. The molecule has 0 heterocycles. The standard InChI is InChI=1S/C31H26P/c1-32(27-19-10-4-11-20-27,28-21-12-5-13-22-28)30-24-14-23-29(25-15-6-2-7-16-25)31(30)26-17-8-3-9-18-26/h2-24H,1H3/q+1. The maximum absolute atomic E-state index is 2.47. The highest BCUT2D eigenvalue weighted by Gasteiger charge is 2.42. The molecule has 0 N–H and O–H groups in total. The van der Waals surface area contributed by atoms with Crippen molar-refractivity contribution in [2.24, 2.45) is 0 Å². The smallest absolute Gasteiger partial charge is 0.0622 e. The number of hydrogen-bond acceptors (Lipinski definition) is 0. The lowest BCUT2D eigenvalue weighted by molar-refractivity contribution is 1.60. The van der Waals surface area contributed by atoms with Crippen molar-refractivity contribution in [2.75, 3.05) is 6.66 Å². The van der Waals surface area contributed by atoms with Crippen LogP contribution in [0.5, 0.6) is 0 Å². The Morgan fingerprint density at radius 2 is 0.844 bits per heavy atom. The Hall–Kier alpha value is -3.47. The summed E-state index contributed by atoms with van der Waals surface area (Å²) in [7, 11) is -1.88. The average molecular weight is 430 g/mol. The summed E-state index contributed by atoms with van der Waals surface area (Å²) in [4.78, 5) is 0. The van der Waals surface area contributed by atoms with E-state index < -0.39 is 7.26 Å². The maximum atomic E-state index is 2.47. The van der Waals surface area contributed by atoms with Crippen LogP contribution in [0.3, 0.4) is 0 Å². The van der Waals surface area contributed by atoms with E-state index in [2.05, 4.69) is 146 Å². The largest absolute Gasteiger partial charge is 0.112 e. The van der Waals surface area contributed by atoms with Crippen LogP contribution in [0.25, 0.3) is 22.3 Å². The second-order valence-corrected chi connectivity index (χ2v) is 11.6. The number of hydrogen-bond donors (Lipinski definition) is 0. The molecule has 5 aromatic carbocycles. The van der Waals surface area contributed by atoms with E-state index in [1.165, 1.54) is 38.2 Å². The first-order chi connectivity index (χ1) is 15.8. The molecule has 5 rings (SSSR count). The summed E-state index contributed by atoms with van der Waals surface area (Å²) < 4.78 is 0. The lowest BCUT2D eigenvalue weighted by Crippen LogP contribution is -2.31. The summed E-state index contributed by atoms with van der Waals surface area (Å²) in [5.74, 6) is 0. The monoisotopic (exact) mass is 429 g/mol. The molecule has 0 amide bonds. The van der Waals surface area contributed by atoms with Crippen LogP contribution in [0.15, 0.2) is 140 Å². The summed E-state index contributed by atoms with van der Waals surface area (Å²) in [6.45, 7) is 2.47. The molecule has 0 atom stereocenters. The van der Waals surface area contributed by atoms with Crippen molar-refractivity contribution >= 4 is 23.2 Å². The first-order valence-corrected chi connectivity index (χ1v) is 13.2. The summed E-state index contributed by atoms with van der Waals surface area (Å²) in [6, 6.07) is 50.5. The van der Waals surface area contributed by atoms with Crippen LogP contribution < -0.4 is 15.9 Å². The molecule has 154 valence electrons. The zero-order chi connectivity index (χ0) is 21.8. The molecule has 0 aromatic heterocycles. The molecule has 0 aliphatic carbocycles. The molecule has 0 radical (unpaired) electrons. The van der Waals surface area contributed by atoms with Crippen LogP contribution in [0.1, 0.15) is 0 Å². The van der Waals surface area contributed by atoms with Crippen molar-refractivity contribution in [3.8, 4) is 22.3 Å². The molecule has 0 aliphatic rings. The van der Waals surface area contributed by atoms with Crippen molar-refractivity contribution in [3.63, 3.8) is 0 Å². The lowest BCUT2D eigenvalue weighted by atomic mass is 9.94. The topological polar surface area (TPSA) is 0 Å². The van der Waals surface area contributed by atoms with Crippen molar-refractivity contribution in [3.05, 3.63) is 140 Å². The van der Waals surface area contributed by atoms with Crippen molar-refractivity contribution in [1.29, 1.82) is 0 Å². The summed E-state index contributed by atoms with van der Waals surface area (Å²) in [5.41, 5.74) is 5.14. The Bertz CT molecular complexity index is 1250. The minimum Gasteiger partial charge on any atom is -0.0622 e. The molecule has 1 heteroatoms. The number of benzene rings is 5. The van der Waals surface area contributed by atoms with Gasteiger partial charge in [-0.25, -0.2) is 0 Å². The Labute approximate surface area is 191 Å². The highest BCUT2D eigenvalue weighted by atomic mass is 31.2. The van der Waals surface area contributed by atoms with E-state index in [1.807, 2.05) is 0 Å². The average Bonchev–Trinajstić information content (AvgIpc) is 2.90. The van der Waals surface area contributed by atoms with Crippen LogP contribution in [-0.2, 0) is 0 Å². The third kappa shape index (κ3) is 3.68. The summed E-state index contributed by atoms with van der Waals surface area (Å²) >= 11 is 0. The molecule has 32 heavy (non-hydrogen) atoms. The lowest BCUT2D eigenvalue weighted by Gasteiger charge is -2.27. The Morgan fingerprint density at radius 1 is 0.406 bits per heavy atom. The molecule has 0 spiro atoms. The predicted molar refractivity (Wildman–Crippen MR) is 142 cm³/mol. The summed E-state index contributed by atoms with van der Waals surface area (Å²) in [5, 5.41) is 4.21. The van der Waals surface area contributed by atoms with Gasteiger partial charge in [-0.15, -0.1) is 0 Å². The van der Waals surface area contributed by atoms with E-state index in [0.29, 0.717) is 0 Å². The minimum atomic E-state index is -1.88. The van der Waals surface area contributed by atoms with Gasteiger partial charge < -0.3 is 0 Å². The fraction of sp³-hybridized carbons (Fsp3) is 0.0323. The van der Waals surface area contributed by atoms with Gasteiger partial charge in [0.2, 0.25) is 0 Å². The molecular formula is C31H26P+. The van der Waals surface area contributed by atoms with Gasteiger partial charge in [-0.2, -0.15) is 0 Å². The van der Waals surface area contributed by atoms with Gasteiger partial charge in [0.05, 0.1) is 6.66 Å². The van der Waals surface area contributed by atoms with Gasteiger partial charge in [0.15, 0.2) is 0 Å².